The molecule has 0 aliphatic heterocycles. The van der Waals surface area contributed by atoms with Gasteiger partial charge in [-0.3, -0.25) is 0 Å². The third-order valence-electron chi connectivity index (χ3n) is 5.28. The summed E-state index contributed by atoms with van der Waals surface area (Å²) in [5, 5.41) is 0. The van der Waals surface area contributed by atoms with E-state index in [1.165, 1.54) is 18.9 Å². The summed E-state index contributed by atoms with van der Waals surface area (Å²) in [5.41, 5.74) is 0.489. The Morgan fingerprint density at radius 1 is 1.38 bits per heavy atom. The van der Waals surface area contributed by atoms with Crippen LogP contribution in [0.5, 0.6) is 0 Å². The summed E-state index contributed by atoms with van der Waals surface area (Å²) in [5.74, 6) is 0.540. The highest BCUT2D eigenvalue weighted by atomic mass is 16.5. The Hall–Kier alpha value is -0.790. The molecule has 2 fully saturated rings. The van der Waals surface area contributed by atoms with Gasteiger partial charge in [0, 0.05) is 11.5 Å². The summed E-state index contributed by atoms with van der Waals surface area (Å²) in [6.45, 7) is 8.78. The van der Waals surface area contributed by atoms with E-state index in [2.05, 4.69) is 20.8 Å². The second-order valence-corrected chi connectivity index (χ2v) is 6.04. The van der Waals surface area contributed by atoms with Gasteiger partial charge in [-0.05, 0) is 37.5 Å². The normalized spacial score (nSPS) is 40.5. The summed E-state index contributed by atoms with van der Waals surface area (Å²) < 4.78 is 5.60. The van der Waals surface area contributed by atoms with E-state index < -0.39 is 0 Å². The van der Waals surface area contributed by atoms with E-state index in [9.17, 15) is 4.79 Å². The van der Waals surface area contributed by atoms with Crippen LogP contribution in [-0.4, -0.2) is 12.1 Å². The zero-order valence-corrected chi connectivity index (χ0v) is 10.7. The summed E-state index contributed by atoms with van der Waals surface area (Å²) in [6, 6.07) is 0. The van der Waals surface area contributed by atoms with Crippen molar-refractivity contribution in [2.75, 3.05) is 0 Å². The van der Waals surface area contributed by atoms with Crippen LogP contribution in [0.4, 0.5) is 0 Å². The number of fused-ring (bicyclic) bond motifs is 2. The van der Waals surface area contributed by atoms with Gasteiger partial charge in [0.15, 0.2) is 0 Å². The maximum absolute atomic E-state index is 11.5. The molecular weight excluding hydrogens is 200 g/mol. The van der Waals surface area contributed by atoms with Gasteiger partial charge in [0.25, 0.3) is 0 Å². The fourth-order valence-corrected chi connectivity index (χ4v) is 3.62. The van der Waals surface area contributed by atoms with Crippen LogP contribution >= 0.6 is 0 Å². The number of hydrogen-bond donors (Lipinski definition) is 0. The molecule has 2 aliphatic rings. The molecule has 0 spiro atoms. The van der Waals surface area contributed by atoms with Crippen LogP contribution in [0.25, 0.3) is 0 Å². The molecule has 90 valence electrons. The molecule has 0 heterocycles. The van der Waals surface area contributed by atoms with Crippen molar-refractivity contribution in [1.82, 2.24) is 0 Å². The number of ether oxygens (including phenoxy) is 1. The first-order valence-corrected chi connectivity index (χ1v) is 6.25. The Bertz CT molecular complexity index is 330. The molecule has 0 amide bonds. The SMILES string of the molecule is C/C=C\C(=O)OC1CC2CCC1(C)C2(C)C. The molecule has 2 aliphatic carbocycles. The summed E-state index contributed by atoms with van der Waals surface area (Å²) >= 11 is 0. The average molecular weight is 222 g/mol. The summed E-state index contributed by atoms with van der Waals surface area (Å²) in [6.07, 6.45) is 6.91. The number of allylic oxidation sites excluding steroid dienone is 1. The number of hydrogen-bond acceptors (Lipinski definition) is 2. The van der Waals surface area contributed by atoms with Crippen molar-refractivity contribution in [3.05, 3.63) is 12.2 Å². The molecule has 0 aromatic rings. The second kappa shape index (κ2) is 3.61. The Balaban J connectivity index is 2.13. The summed E-state index contributed by atoms with van der Waals surface area (Å²) in [4.78, 5) is 11.5. The second-order valence-electron chi connectivity index (χ2n) is 6.04. The first-order chi connectivity index (χ1) is 7.41. The summed E-state index contributed by atoms with van der Waals surface area (Å²) in [7, 11) is 0. The van der Waals surface area contributed by atoms with Gasteiger partial charge in [0.1, 0.15) is 6.10 Å². The highest BCUT2D eigenvalue weighted by Crippen LogP contribution is 2.66. The zero-order chi connectivity index (χ0) is 12.0. The van der Waals surface area contributed by atoms with Gasteiger partial charge in [-0.1, -0.05) is 26.8 Å². The largest absolute Gasteiger partial charge is 0.459 e. The fraction of sp³-hybridized carbons (Fsp3) is 0.786. The molecule has 2 nitrogen and oxygen atoms in total. The molecule has 2 heteroatoms. The molecule has 0 saturated heterocycles. The van der Waals surface area contributed by atoms with Gasteiger partial charge in [0.2, 0.25) is 0 Å². The van der Waals surface area contributed by atoms with E-state index in [0.29, 0.717) is 5.41 Å². The van der Waals surface area contributed by atoms with E-state index in [1.54, 1.807) is 6.08 Å². The van der Waals surface area contributed by atoms with Gasteiger partial charge >= 0.3 is 5.97 Å². The molecule has 3 unspecified atom stereocenters. The van der Waals surface area contributed by atoms with Crippen molar-refractivity contribution in [2.45, 2.75) is 53.1 Å². The molecule has 16 heavy (non-hydrogen) atoms. The van der Waals surface area contributed by atoms with Gasteiger partial charge in [0.05, 0.1) is 0 Å². The predicted octanol–water partition coefficient (Wildman–Crippen LogP) is 3.32. The van der Waals surface area contributed by atoms with Crippen molar-refractivity contribution in [1.29, 1.82) is 0 Å². The van der Waals surface area contributed by atoms with Crippen molar-refractivity contribution in [3.8, 4) is 0 Å². The van der Waals surface area contributed by atoms with E-state index in [-0.39, 0.29) is 17.5 Å². The Morgan fingerprint density at radius 3 is 2.50 bits per heavy atom. The lowest BCUT2D eigenvalue weighted by atomic mass is 9.70. The molecule has 2 rings (SSSR count). The minimum absolute atomic E-state index is 0.116. The number of rotatable bonds is 2. The van der Waals surface area contributed by atoms with Crippen LogP contribution in [0, 0.1) is 16.7 Å². The number of carbonyl (C=O) groups is 1. The van der Waals surface area contributed by atoms with Gasteiger partial charge in [-0.2, -0.15) is 0 Å². The highest BCUT2D eigenvalue weighted by molar-refractivity contribution is 5.82. The fourth-order valence-electron chi connectivity index (χ4n) is 3.62. The van der Waals surface area contributed by atoms with Crippen LogP contribution in [0.2, 0.25) is 0 Å². The van der Waals surface area contributed by atoms with Crippen molar-refractivity contribution >= 4 is 5.97 Å². The zero-order valence-electron chi connectivity index (χ0n) is 10.7. The first kappa shape index (κ1) is 11.7. The Kier molecular flexibility index (Phi) is 2.64. The van der Waals surface area contributed by atoms with Crippen molar-refractivity contribution in [3.63, 3.8) is 0 Å². The van der Waals surface area contributed by atoms with Crippen molar-refractivity contribution in [2.24, 2.45) is 16.7 Å². The van der Waals surface area contributed by atoms with Crippen LogP contribution in [0.15, 0.2) is 12.2 Å². The number of carbonyl (C=O) groups excluding carboxylic acids is 1. The standard InChI is InChI=1S/C14H22O2/c1-5-6-12(15)16-11-9-10-7-8-14(11,4)13(10,2)3/h5-6,10-11H,7-9H2,1-4H3/b6-5-. The molecule has 3 atom stereocenters. The smallest absolute Gasteiger partial charge is 0.330 e. The third kappa shape index (κ3) is 1.42. The van der Waals surface area contributed by atoms with Gasteiger partial charge in [-0.25, -0.2) is 4.79 Å². The average Bonchev–Trinajstić information content (AvgIpc) is 2.51. The lowest BCUT2D eigenvalue weighted by molar-refractivity contribution is -0.150. The van der Waals surface area contributed by atoms with E-state index >= 15 is 0 Å². The molecule has 2 bridgehead atoms. The van der Waals surface area contributed by atoms with Crippen LogP contribution in [0.3, 0.4) is 0 Å². The third-order valence-corrected chi connectivity index (χ3v) is 5.28. The molecule has 0 aromatic carbocycles. The monoisotopic (exact) mass is 222 g/mol. The van der Waals surface area contributed by atoms with Crippen LogP contribution < -0.4 is 0 Å². The Labute approximate surface area is 98.1 Å². The minimum Gasteiger partial charge on any atom is -0.459 e. The maximum Gasteiger partial charge on any atom is 0.330 e. The molecule has 0 radical (unpaired) electrons. The van der Waals surface area contributed by atoms with E-state index in [4.69, 9.17) is 4.74 Å². The van der Waals surface area contributed by atoms with Gasteiger partial charge in [-0.15, -0.1) is 0 Å². The molecule has 0 N–H and O–H groups in total. The highest BCUT2D eigenvalue weighted by Gasteiger charge is 2.62. The van der Waals surface area contributed by atoms with Crippen molar-refractivity contribution < 1.29 is 9.53 Å². The minimum atomic E-state index is -0.183. The maximum atomic E-state index is 11.5. The van der Waals surface area contributed by atoms with E-state index in [1.807, 2.05) is 6.92 Å². The lowest BCUT2D eigenvalue weighted by Crippen LogP contribution is -2.38. The molecule has 2 saturated carbocycles. The van der Waals surface area contributed by atoms with Crippen LogP contribution in [0.1, 0.15) is 47.0 Å². The predicted molar refractivity (Wildman–Crippen MR) is 63.9 cm³/mol. The molecule has 0 aromatic heterocycles. The number of esters is 1. The molecular formula is C14H22O2. The Morgan fingerprint density at radius 2 is 2.06 bits per heavy atom. The quantitative estimate of drug-likeness (QED) is 0.529. The topological polar surface area (TPSA) is 26.3 Å². The first-order valence-electron chi connectivity index (χ1n) is 6.25. The van der Waals surface area contributed by atoms with E-state index in [0.717, 1.165) is 12.3 Å². The van der Waals surface area contributed by atoms with Gasteiger partial charge < -0.3 is 4.74 Å². The lowest BCUT2D eigenvalue weighted by Gasteiger charge is -2.38. The van der Waals surface area contributed by atoms with Crippen LogP contribution in [-0.2, 0) is 9.53 Å².